The second-order valence-electron chi connectivity index (χ2n) is 1.82. The summed E-state index contributed by atoms with van der Waals surface area (Å²) in [6, 6.07) is 0. The first-order chi connectivity index (χ1) is 5.05. The van der Waals surface area contributed by atoms with E-state index in [-0.39, 0.29) is 11.4 Å². The maximum atomic E-state index is 11.9. The Kier molecular flexibility index (Phi) is 2.08. The first-order valence-corrected chi connectivity index (χ1v) is 3.15. The highest BCUT2D eigenvalue weighted by Crippen LogP contribution is 2.31. The normalized spacial score (nSPS) is 12.0. The lowest BCUT2D eigenvalue weighted by Crippen LogP contribution is -2.07. The number of halogens is 4. The lowest BCUT2D eigenvalue weighted by molar-refractivity contribution is -0.143. The van der Waals surface area contributed by atoms with E-state index in [0.29, 0.717) is 0 Å². The van der Waals surface area contributed by atoms with E-state index in [1.165, 1.54) is 0 Å². The van der Waals surface area contributed by atoms with Crippen LogP contribution in [0.25, 0.3) is 0 Å². The van der Waals surface area contributed by atoms with Crippen LogP contribution in [0.1, 0.15) is 11.3 Å². The molecule has 1 aromatic rings. The van der Waals surface area contributed by atoms with E-state index in [2.05, 4.69) is 9.68 Å². The molecule has 0 unspecified atom stereocenters. The van der Waals surface area contributed by atoms with Gasteiger partial charge in [0, 0.05) is 5.56 Å². The van der Waals surface area contributed by atoms with Crippen molar-refractivity contribution in [2.75, 3.05) is 0 Å². The Morgan fingerprint density at radius 3 is 2.55 bits per heavy atom. The molecule has 0 saturated heterocycles. The van der Waals surface area contributed by atoms with Crippen molar-refractivity contribution in [1.82, 2.24) is 5.16 Å². The van der Waals surface area contributed by atoms with Crippen LogP contribution in [0, 0.1) is 0 Å². The minimum atomic E-state index is -4.47. The molecule has 62 valence electrons. The van der Waals surface area contributed by atoms with Gasteiger partial charge in [0.05, 0.1) is 5.88 Å². The highest BCUT2D eigenvalue weighted by atomic mass is 35.5. The molecule has 1 aromatic heterocycles. The van der Waals surface area contributed by atoms with Crippen LogP contribution in [-0.4, -0.2) is 5.16 Å². The van der Waals surface area contributed by atoms with E-state index >= 15 is 0 Å². The molecule has 0 aromatic carbocycles. The van der Waals surface area contributed by atoms with Gasteiger partial charge in [-0.05, 0) is 0 Å². The first-order valence-electron chi connectivity index (χ1n) is 2.62. The average Bonchev–Trinajstić information content (AvgIpc) is 2.31. The molecule has 6 heteroatoms. The summed E-state index contributed by atoms with van der Waals surface area (Å²) in [6.07, 6.45) is -3.59. The third kappa shape index (κ3) is 1.65. The summed E-state index contributed by atoms with van der Waals surface area (Å²) in [6.45, 7) is 0. The van der Waals surface area contributed by atoms with Crippen LogP contribution in [0.2, 0.25) is 0 Å². The van der Waals surface area contributed by atoms with Crippen molar-refractivity contribution in [3.8, 4) is 0 Å². The van der Waals surface area contributed by atoms with Crippen molar-refractivity contribution < 1.29 is 17.7 Å². The van der Waals surface area contributed by atoms with Gasteiger partial charge in [-0.15, -0.1) is 11.6 Å². The molecule has 0 saturated carbocycles. The van der Waals surface area contributed by atoms with Gasteiger partial charge in [0.2, 0.25) is 0 Å². The summed E-state index contributed by atoms with van der Waals surface area (Å²) in [7, 11) is 0. The SMILES string of the molecule is FC(F)(F)c1nocc1CCl. The lowest BCUT2D eigenvalue weighted by Gasteiger charge is -2.01. The van der Waals surface area contributed by atoms with Crippen LogP contribution >= 0.6 is 11.6 Å². The van der Waals surface area contributed by atoms with Gasteiger partial charge in [0.25, 0.3) is 0 Å². The third-order valence-corrected chi connectivity index (χ3v) is 1.34. The Hall–Kier alpha value is -0.710. The fraction of sp³-hybridized carbons (Fsp3) is 0.400. The molecule has 0 atom stereocenters. The van der Waals surface area contributed by atoms with Gasteiger partial charge >= 0.3 is 6.18 Å². The minimum absolute atomic E-state index is 0.140. The second kappa shape index (κ2) is 2.73. The smallest absolute Gasteiger partial charge is 0.364 e. The Morgan fingerprint density at radius 1 is 1.55 bits per heavy atom. The zero-order valence-corrected chi connectivity index (χ0v) is 5.91. The van der Waals surface area contributed by atoms with E-state index in [1.807, 2.05) is 0 Å². The lowest BCUT2D eigenvalue weighted by atomic mass is 10.3. The van der Waals surface area contributed by atoms with E-state index in [0.717, 1.165) is 6.26 Å². The molecule has 0 aliphatic heterocycles. The van der Waals surface area contributed by atoms with E-state index in [1.54, 1.807) is 0 Å². The maximum Gasteiger partial charge on any atom is 0.437 e. The summed E-state index contributed by atoms with van der Waals surface area (Å²) in [4.78, 5) is 0. The Bertz CT molecular complexity index is 244. The second-order valence-corrected chi connectivity index (χ2v) is 2.09. The predicted octanol–water partition coefficient (Wildman–Crippen LogP) is 2.43. The Balaban J connectivity index is 3.02. The molecule has 0 spiro atoms. The van der Waals surface area contributed by atoms with Crippen LogP contribution in [0.15, 0.2) is 10.8 Å². The maximum absolute atomic E-state index is 11.9. The molecule has 0 amide bonds. The van der Waals surface area contributed by atoms with Crippen molar-refractivity contribution in [1.29, 1.82) is 0 Å². The van der Waals surface area contributed by atoms with Crippen molar-refractivity contribution in [2.24, 2.45) is 0 Å². The third-order valence-electron chi connectivity index (χ3n) is 1.06. The number of aromatic nitrogens is 1. The highest BCUT2D eigenvalue weighted by Gasteiger charge is 2.37. The van der Waals surface area contributed by atoms with Crippen molar-refractivity contribution >= 4 is 11.6 Å². The van der Waals surface area contributed by atoms with Crippen LogP contribution in [0.5, 0.6) is 0 Å². The highest BCUT2D eigenvalue weighted by molar-refractivity contribution is 6.17. The minimum Gasteiger partial charge on any atom is -0.364 e. The summed E-state index contributed by atoms with van der Waals surface area (Å²) in [5.41, 5.74) is -1.19. The quantitative estimate of drug-likeness (QED) is 0.628. The molecule has 0 radical (unpaired) electrons. The Morgan fingerprint density at radius 2 is 2.18 bits per heavy atom. The molecule has 0 aliphatic rings. The predicted molar refractivity (Wildman–Crippen MR) is 31.1 cm³/mol. The molecule has 11 heavy (non-hydrogen) atoms. The standard InChI is InChI=1S/C5H3ClF3NO/c6-1-3-2-11-10-4(3)5(7,8)9/h2H,1H2. The molecule has 0 aliphatic carbocycles. The van der Waals surface area contributed by atoms with Crippen LogP contribution < -0.4 is 0 Å². The molecule has 0 bridgehead atoms. The number of hydrogen-bond donors (Lipinski definition) is 0. The van der Waals surface area contributed by atoms with E-state index in [4.69, 9.17) is 11.6 Å². The molecule has 1 rings (SSSR count). The topological polar surface area (TPSA) is 26.0 Å². The molecule has 0 fully saturated rings. The molecular weight excluding hydrogens is 183 g/mol. The zero-order chi connectivity index (χ0) is 8.48. The summed E-state index contributed by atoms with van der Waals surface area (Å²) in [5.74, 6) is -0.252. The number of nitrogens with zero attached hydrogens (tertiary/aromatic N) is 1. The van der Waals surface area contributed by atoms with Crippen molar-refractivity contribution in [3.05, 3.63) is 17.5 Å². The summed E-state index contributed by atoms with van der Waals surface area (Å²) in [5, 5.41) is 2.77. The molecule has 1 heterocycles. The van der Waals surface area contributed by atoms with Gasteiger partial charge in [-0.1, -0.05) is 5.16 Å². The van der Waals surface area contributed by atoms with Gasteiger partial charge in [-0.3, -0.25) is 0 Å². The summed E-state index contributed by atoms with van der Waals surface area (Å²) < 4.78 is 39.8. The van der Waals surface area contributed by atoms with Crippen molar-refractivity contribution in [3.63, 3.8) is 0 Å². The first kappa shape index (κ1) is 8.39. The van der Waals surface area contributed by atoms with Crippen LogP contribution in [-0.2, 0) is 12.1 Å². The molecular formula is C5H3ClF3NO. The number of rotatable bonds is 1. The number of hydrogen-bond acceptors (Lipinski definition) is 2. The van der Waals surface area contributed by atoms with Crippen LogP contribution in [0.4, 0.5) is 13.2 Å². The monoisotopic (exact) mass is 185 g/mol. The van der Waals surface area contributed by atoms with Gasteiger partial charge in [0.1, 0.15) is 6.26 Å². The van der Waals surface area contributed by atoms with E-state index < -0.39 is 11.9 Å². The average molecular weight is 186 g/mol. The largest absolute Gasteiger partial charge is 0.437 e. The van der Waals surface area contributed by atoms with Crippen LogP contribution in [0.3, 0.4) is 0 Å². The molecule has 0 N–H and O–H groups in total. The Labute approximate surface area is 64.9 Å². The van der Waals surface area contributed by atoms with Gasteiger partial charge in [-0.25, -0.2) is 0 Å². The van der Waals surface area contributed by atoms with E-state index in [9.17, 15) is 13.2 Å². The van der Waals surface area contributed by atoms with Gasteiger partial charge < -0.3 is 4.52 Å². The fourth-order valence-electron chi connectivity index (χ4n) is 0.586. The zero-order valence-electron chi connectivity index (χ0n) is 5.15. The number of alkyl halides is 4. The summed E-state index contributed by atoms with van der Waals surface area (Å²) >= 11 is 5.18. The van der Waals surface area contributed by atoms with Crippen molar-refractivity contribution in [2.45, 2.75) is 12.1 Å². The van der Waals surface area contributed by atoms with Gasteiger partial charge in [0.15, 0.2) is 5.69 Å². The van der Waals surface area contributed by atoms with Gasteiger partial charge in [-0.2, -0.15) is 13.2 Å². The fourth-order valence-corrected chi connectivity index (χ4v) is 0.775. The molecule has 2 nitrogen and oxygen atoms in total.